The van der Waals surface area contributed by atoms with E-state index in [-0.39, 0.29) is 29.9 Å². The number of ether oxygens (including phenoxy) is 1. The minimum absolute atomic E-state index is 0.0306. The van der Waals surface area contributed by atoms with Crippen molar-refractivity contribution in [1.82, 2.24) is 9.88 Å². The zero-order valence-corrected chi connectivity index (χ0v) is 14.6. The number of aromatic hydroxyl groups is 1. The van der Waals surface area contributed by atoms with Crippen LogP contribution in [0.15, 0.2) is 36.5 Å². The molecule has 4 rings (SSSR count). The maximum absolute atomic E-state index is 13.8. The Morgan fingerprint density at radius 2 is 1.93 bits per heavy atom. The highest BCUT2D eigenvalue weighted by Gasteiger charge is 2.42. The molecule has 2 fully saturated rings. The number of ketones is 1. The topological polar surface area (TPSA) is 62.7 Å². The van der Waals surface area contributed by atoms with Gasteiger partial charge in [0, 0.05) is 13.1 Å². The monoisotopic (exact) mass is 374 g/mol. The molecular weight excluding hydrogens is 354 g/mol. The van der Waals surface area contributed by atoms with Crippen LogP contribution < -0.4 is 4.74 Å². The molecule has 0 amide bonds. The highest BCUT2D eigenvalue weighted by Crippen LogP contribution is 2.40. The molecule has 2 aromatic rings. The van der Waals surface area contributed by atoms with E-state index in [0.29, 0.717) is 17.5 Å². The van der Waals surface area contributed by atoms with Gasteiger partial charge in [-0.15, -0.1) is 0 Å². The van der Waals surface area contributed by atoms with E-state index in [1.807, 2.05) is 0 Å². The van der Waals surface area contributed by atoms with Gasteiger partial charge in [-0.3, -0.25) is 9.69 Å². The molecule has 1 saturated heterocycles. The maximum atomic E-state index is 13.8. The molecule has 1 aromatic heterocycles. The van der Waals surface area contributed by atoms with Gasteiger partial charge in [-0.2, -0.15) is 4.39 Å². The summed E-state index contributed by atoms with van der Waals surface area (Å²) in [5.74, 6) is -1.17. The molecule has 0 bridgehead atoms. The van der Waals surface area contributed by atoms with Gasteiger partial charge in [-0.25, -0.2) is 9.37 Å². The minimum atomic E-state index is -0.941. The molecular formula is C20H20F2N2O3. The first-order chi connectivity index (χ1) is 13.0. The third-order valence-electron chi connectivity index (χ3n) is 5.39. The van der Waals surface area contributed by atoms with Crippen molar-refractivity contribution in [3.63, 3.8) is 0 Å². The van der Waals surface area contributed by atoms with Crippen LogP contribution in [0.2, 0.25) is 0 Å². The number of likely N-dealkylation sites (tertiary alicyclic amines) is 1. The standard InChI is InChI=1S/C20H20F2N2O3/c21-16-2-1-3-19(20(16)22)27-15-6-12-9-24(10-13(12)7-15)11-18(26)17-5-4-14(25)8-23-17/h1-5,8,12-13,15,25H,6-7,9-11H2/t12-,13?,15?/m0/s1. The number of rotatable bonds is 5. The van der Waals surface area contributed by atoms with Crippen LogP contribution in [0.3, 0.4) is 0 Å². The second-order valence-electron chi connectivity index (χ2n) is 7.30. The molecule has 7 heteroatoms. The minimum Gasteiger partial charge on any atom is -0.506 e. The molecule has 2 heterocycles. The first kappa shape index (κ1) is 17.9. The summed E-state index contributed by atoms with van der Waals surface area (Å²) < 4.78 is 32.8. The van der Waals surface area contributed by atoms with Crippen molar-refractivity contribution in [1.29, 1.82) is 0 Å². The molecule has 1 aromatic carbocycles. The Morgan fingerprint density at radius 3 is 2.59 bits per heavy atom. The highest BCUT2D eigenvalue weighted by atomic mass is 19.2. The zero-order valence-electron chi connectivity index (χ0n) is 14.6. The van der Waals surface area contributed by atoms with E-state index in [1.165, 1.54) is 30.5 Å². The molecule has 1 aliphatic carbocycles. The van der Waals surface area contributed by atoms with Gasteiger partial charge < -0.3 is 9.84 Å². The summed E-state index contributed by atoms with van der Waals surface area (Å²) in [6.07, 6.45) is 2.67. The molecule has 5 nitrogen and oxygen atoms in total. The molecule has 0 spiro atoms. The molecule has 0 radical (unpaired) electrons. The van der Waals surface area contributed by atoms with Crippen LogP contribution in [-0.4, -0.2) is 46.5 Å². The third-order valence-corrected chi connectivity index (χ3v) is 5.39. The number of aromatic nitrogens is 1. The van der Waals surface area contributed by atoms with Gasteiger partial charge in [0.2, 0.25) is 5.82 Å². The fourth-order valence-corrected chi connectivity index (χ4v) is 4.16. The number of nitrogens with zero attached hydrogens (tertiary/aromatic N) is 2. The van der Waals surface area contributed by atoms with Crippen LogP contribution in [0, 0.1) is 23.5 Å². The van der Waals surface area contributed by atoms with Gasteiger partial charge >= 0.3 is 0 Å². The van der Waals surface area contributed by atoms with E-state index in [2.05, 4.69) is 9.88 Å². The lowest BCUT2D eigenvalue weighted by atomic mass is 10.0. The Balaban J connectivity index is 1.31. The maximum Gasteiger partial charge on any atom is 0.200 e. The van der Waals surface area contributed by atoms with Crippen LogP contribution in [0.4, 0.5) is 8.78 Å². The van der Waals surface area contributed by atoms with E-state index in [0.717, 1.165) is 32.0 Å². The first-order valence-electron chi connectivity index (χ1n) is 9.01. The average Bonchev–Trinajstić information content (AvgIpc) is 3.17. The highest BCUT2D eigenvalue weighted by molar-refractivity contribution is 5.95. The van der Waals surface area contributed by atoms with E-state index in [4.69, 9.17) is 4.74 Å². The smallest absolute Gasteiger partial charge is 0.200 e. The molecule has 1 aliphatic heterocycles. The number of halogens is 2. The first-order valence-corrected chi connectivity index (χ1v) is 9.01. The summed E-state index contributed by atoms with van der Waals surface area (Å²) in [5, 5.41) is 9.25. The van der Waals surface area contributed by atoms with Crippen molar-refractivity contribution in [3.05, 3.63) is 53.9 Å². The third kappa shape index (κ3) is 3.78. The number of carbonyl (C=O) groups is 1. The molecule has 2 aliphatic rings. The van der Waals surface area contributed by atoms with E-state index in [1.54, 1.807) is 0 Å². The lowest BCUT2D eigenvalue weighted by Gasteiger charge is -2.19. The summed E-state index contributed by atoms with van der Waals surface area (Å²) in [7, 11) is 0. The van der Waals surface area contributed by atoms with Gasteiger partial charge in [0.15, 0.2) is 17.3 Å². The van der Waals surface area contributed by atoms with Crippen molar-refractivity contribution >= 4 is 5.78 Å². The number of carbonyl (C=O) groups excluding carboxylic acids is 1. The second kappa shape index (κ2) is 7.23. The zero-order chi connectivity index (χ0) is 19.0. The number of hydrogen-bond acceptors (Lipinski definition) is 5. The Hall–Kier alpha value is -2.54. The van der Waals surface area contributed by atoms with Crippen LogP contribution in [-0.2, 0) is 0 Å². The lowest BCUT2D eigenvalue weighted by molar-refractivity contribution is 0.0931. The van der Waals surface area contributed by atoms with Crippen LogP contribution in [0.25, 0.3) is 0 Å². The number of Topliss-reactive ketones (excluding diaryl/α,β-unsaturated/α-hetero) is 1. The number of pyridine rings is 1. The normalized spacial score (nSPS) is 24.7. The Bertz CT molecular complexity index is 830. The van der Waals surface area contributed by atoms with Gasteiger partial charge in [0.25, 0.3) is 0 Å². The van der Waals surface area contributed by atoms with Gasteiger partial charge in [0.05, 0.1) is 18.8 Å². The summed E-state index contributed by atoms with van der Waals surface area (Å²) in [6, 6.07) is 6.93. The van der Waals surface area contributed by atoms with E-state index in [9.17, 15) is 18.7 Å². The fraction of sp³-hybridized carbons (Fsp3) is 0.400. The summed E-state index contributed by atoms with van der Waals surface area (Å²) >= 11 is 0. The van der Waals surface area contributed by atoms with E-state index >= 15 is 0 Å². The molecule has 142 valence electrons. The van der Waals surface area contributed by atoms with Crippen molar-refractivity contribution < 1.29 is 23.4 Å². The van der Waals surface area contributed by atoms with Crippen molar-refractivity contribution in [2.75, 3.05) is 19.6 Å². The van der Waals surface area contributed by atoms with Crippen LogP contribution >= 0.6 is 0 Å². The number of benzene rings is 1. The van der Waals surface area contributed by atoms with Crippen LogP contribution in [0.1, 0.15) is 23.3 Å². The predicted octanol–water partition coefficient (Wildman–Crippen LogP) is 3.04. The van der Waals surface area contributed by atoms with Crippen molar-refractivity contribution in [2.24, 2.45) is 11.8 Å². The molecule has 1 N–H and O–H groups in total. The SMILES string of the molecule is O=C(CN1CC2CC(Oc3cccc(F)c3F)C[C@H]2C1)c1ccc(O)cn1. The van der Waals surface area contributed by atoms with Crippen LogP contribution in [0.5, 0.6) is 11.5 Å². The van der Waals surface area contributed by atoms with Crippen molar-refractivity contribution in [2.45, 2.75) is 18.9 Å². The molecule has 3 atom stereocenters. The summed E-state index contributed by atoms with van der Waals surface area (Å²) in [6.45, 7) is 1.84. The lowest BCUT2D eigenvalue weighted by Crippen LogP contribution is -2.30. The number of fused-ring (bicyclic) bond motifs is 1. The van der Waals surface area contributed by atoms with Crippen molar-refractivity contribution in [3.8, 4) is 11.5 Å². The average molecular weight is 374 g/mol. The van der Waals surface area contributed by atoms with E-state index < -0.39 is 11.6 Å². The molecule has 27 heavy (non-hydrogen) atoms. The molecule has 2 unspecified atom stereocenters. The summed E-state index contributed by atoms with van der Waals surface area (Å²) in [5.41, 5.74) is 0.340. The predicted molar refractivity (Wildman–Crippen MR) is 93.7 cm³/mol. The fourth-order valence-electron chi connectivity index (χ4n) is 4.16. The van der Waals surface area contributed by atoms with Gasteiger partial charge in [0.1, 0.15) is 11.4 Å². The Morgan fingerprint density at radius 1 is 1.19 bits per heavy atom. The summed E-state index contributed by atoms with van der Waals surface area (Å²) in [4.78, 5) is 18.4. The van der Waals surface area contributed by atoms with Gasteiger partial charge in [-0.05, 0) is 48.9 Å². The van der Waals surface area contributed by atoms with Gasteiger partial charge in [-0.1, -0.05) is 6.07 Å². The second-order valence-corrected chi connectivity index (χ2v) is 7.30. The molecule has 1 saturated carbocycles. The number of hydrogen-bond donors (Lipinski definition) is 1. The largest absolute Gasteiger partial charge is 0.506 e. The quantitative estimate of drug-likeness (QED) is 0.815. The Kier molecular flexibility index (Phi) is 4.78. The Labute approximate surface area is 155 Å².